The lowest BCUT2D eigenvalue weighted by atomic mass is 10.1. The van der Waals surface area contributed by atoms with Crippen LogP contribution in [0.5, 0.6) is 0 Å². The first-order valence-electron chi connectivity index (χ1n) is 6.77. The fourth-order valence-electron chi connectivity index (χ4n) is 2.09. The van der Waals surface area contributed by atoms with Gasteiger partial charge in [0.05, 0.1) is 0 Å². The fraction of sp³-hybridized carbons (Fsp3) is 0.333. The number of aromatic amines is 1. The van der Waals surface area contributed by atoms with E-state index in [9.17, 15) is 9.59 Å². The van der Waals surface area contributed by atoms with Crippen LogP contribution in [0.15, 0.2) is 46.0 Å². The van der Waals surface area contributed by atoms with Crippen molar-refractivity contribution in [3.05, 3.63) is 62.8 Å². The molecule has 0 saturated heterocycles. The van der Waals surface area contributed by atoms with Crippen molar-refractivity contribution >= 4 is 5.82 Å². The first-order chi connectivity index (χ1) is 9.61. The van der Waals surface area contributed by atoms with Gasteiger partial charge in [-0.25, -0.2) is 4.79 Å². The zero-order valence-corrected chi connectivity index (χ0v) is 11.7. The molecule has 20 heavy (non-hydrogen) atoms. The Morgan fingerprint density at radius 3 is 2.55 bits per heavy atom. The summed E-state index contributed by atoms with van der Waals surface area (Å²) in [5, 5.41) is 3.14. The van der Waals surface area contributed by atoms with Gasteiger partial charge in [-0.1, -0.05) is 37.3 Å². The van der Waals surface area contributed by atoms with E-state index in [0.717, 1.165) is 12.0 Å². The Bertz CT molecular complexity index is 642. The van der Waals surface area contributed by atoms with Crippen LogP contribution < -0.4 is 16.6 Å². The first kappa shape index (κ1) is 14.1. The van der Waals surface area contributed by atoms with Gasteiger partial charge in [0.15, 0.2) is 0 Å². The number of H-pyrrole nitrogens is 1. The van der Waals surface area contributed by atoms with Gasteiger partial charge in [-0.05, 0) is 18.9 Å². The average Bonchev–Trinajstić information content (AvgIpc) is 2.44. The Balaban J connectivity index is 2.23. The summed E-state index contributed by atoms with van der Waals surface area (Å²) in [5.41, 5.74) is 0.437. The van der Waals surface area contributed by atoms with E-state index in [0.29, 0.717) is 12.4 Å². The number of benzene rings is 1. The molecule has 0 aliphatic rings. The number of rotatable bonds is 5. The summed E-state index contributed by atoms with van der Waals surface area (Å²) >= 11 is 0. The van der Waals surface area contributed by atoms with E-state index >= 15 is 0 Å². The summed E-state index contributed by atoms with van der Waals surface area (Å²) in [6.45, 7) is 4.34. The molecule has 1 aromatic heterocycles. The highest BCUT2D eigenvalue weighted by molar-refractivity contribution is 5.36. The van der Waals surface area contributed by atoms with Crippen LogP contribution >= 0.6 is 0 Å². The maximum absolute atomic E-state index is 11.9. The molecular weight excluding hydrogens is 254 g/mol. The molecule has 2 N–H and O–H groups in total. The Morgan fingerprint density at radius 1 is 1.25 bits per heavy atom. The van der Waals surface area contributed by atoms with Crippen LogP contribution in [0, 0.1) is 0 Å². The largest absolute Gasteiger partial charge is 0.365 e. The molecule has 1 aromatic carbocycles. The van der Waals surface area contributed by atoms with Crippen molar-refractivity contribution in [1.29, 1.82) is 0 Å². The summed E-state index contributed by atoms with van der Waals surface area (Å²) in [4.78, 5) is 26.4. The number of aromatic nitrogens is 2. The molecule has 0 aliphatic carbocycles. The molecule has 0 fully saturated rings. The Labute approximate surface area is 117 Å². The predicted octanol–water partition coefficient (Wildman–Crippen LogP) is 2.12. The highest BCUT2D eigenvalue weighted by Crippen LogP contribution is 2.15. The van der Waals surface area contributed by atoms with Crippen molar-refractivity contribution in [3.63, 3.8) is 0 Å². The molecule has 1 heterocycles. The van der Waals surface area contributed by atoms with E-state index in [2.05, 4.69) is 10.3 Å². The van der Waals surface area contributed by atoms with E-state index < -0.39 is 0 Å². The Kier molecular flexibility index (Phi) is 4.40. The smallest absolute Gasteiger partial charge is 0.329 e. The number of nitrogens with one attached hydrogen (secondary N) is 2. The zero-order chi connectivity index (χ0) is 14.5. The van der Waals surface area contributed by atoms with Crippen molar-refractivity contribution in [3.8, 4) is 0 Å². The fourth-order valence-corrected chi connectivity index (χ4v) is 2.09. The van der Waals surface area contributed by atoms with Crippen LogP contribution in [0.4, 0.5) is 5.82 Å². The van der Waals surface area contributed by atoms with Gasteiger partial charge in [0, 0.05) is 18.7 Å². The second-order valence-corrected chi connectivity index (χ2v) is 4.75. The third-order valence-electron chi connectivity index (χ3n) is 3.14. The van der Waals surface area contributed by atoms with Crippen LogP contribution in [-0.2, 0) is 6.54 Å². The Morgan fingerprint density at radius 2 is 1.95 bits per heavy atom. The summed E-state index contributed by atoms with van der Waals surface area (Å²) in [5.74, 6) is 0.448. The molecule has 0 amide bonds. The SMILES string of the molecule is CCCn1c(=O)cc(NC(C)c2ccccc2)[nH]c1=O. The maximum atomic E-state index is 11.9. The minimum Gasteiger partial charge on any atom is -0.365 e. The van der Waals surface area contributed by atoms with Gasteiger partial charge >= 0.3 is 5.69 Å². The quantitative estimate of drug-likeness (QED) is 0.877. The van der Waals surface area contributed by atoms with Gasteiger partial charge in [0.1, 0.15) is 5.82 Å². The summed E-state index contributed by atoms with van der Waals surface area (Å²) in [6.07, 6.45) is 0.746. The van der Waals surface area contributed by atoms with E-state index in [1.807, 2.05) is 44.2 Å². The number of hydrogen-bond acceptors (Lipinski definition) is 3. The maximum Gasteiger partial charge on any atom is 0.329 e. The first-order valence-corrected chi connectivity index (χ1v) is 6.77. The highest BCUT2D eigenvalue weighted by Gasteiger charge is 2.08. The van der Waals surface area contributed by atoms with Gasteiger partial charge in [-0.2, -0.15) is 0 Å². The van der Waals surface area contributed by atoms with Crippen LogP contribution in [0.3, 0.4) is 0 Å². The average molecular weight is 273 g/mol. The summed E-state index contributed by atoms with van der Waals surface area (Å²) < 4.78 is 1.21. The third-order valence-corrected chi connectivity index (χ3v) is 3.14. The monoisotopic (exact) mass is 273 g/mol. The molecule has 2 aromatic rings. The van der Waals surface area contributed by atoms with Crippen LogP contribution in [0.1, 0.15) is 31.9 Å². The van der Waals surface area contributed by atoms with Crippen molar-refractivity contribution in [2.75, 3.05) is 5.32 Å². The highest BCUT2D eigenvalue weighted by atomic mass is 16.2. The lowest BCUT2D eigenvalue weighted by Crippen LogP contribution is -2.35. The van der Waals surface area contributed by atoms with Crippen molar-refractivity contribution in [2.24, 2.45) is 0 Å². The van der Waals surface area contributed by atoms with E-state index in [4.69, 9.17) is 0 Å². The topological polar surface area (TPSA) is 66.9 Å². The van der Waals surface area contributed by atoms with E-state index in [-0.39, 0.29) is 17.3 Å². The minimum absolute atomic E-state index is 0.00766. The van der Waals surface area contributed by atoms with Crippen molar-refractivity contribution in [2.45, 2.75) is 32.9 Å². The van der Waals surface area contributed by atoms with Crippen LogP contribution in [-0.4, -0.2) is 9.55 Å². The van der Waals surface area contributed by atoms with Crippen molar-refractivity contribution < 1.29 is 0 Å². The molecule has 0 radical (unpaired) electrons. The zero-order valence-electron chi connectivity index (χ0n) is 11.7. The molecule has 2 rings (SSSR count). The van der Waals surface area contributed by atoms with E-state index in [1.54, 1.807) is 0 Å². The van der Waals surface area contributed by atoms with E-state index in [1.165, 1.54) is 10.6 Å². The molecule has 1 unspecified atom stereocenters. The van der Waals surface area contributed by atoms with Gasteiger partial charge in [0.25, 0.3) is 5.56 Å². The third kappa shape index (κ3) is 3.17. The number of nitrogens with zero attached hydrogens (tertiary/aromatic N) is 1. The lowest BCUT2D eigenvalue weighted by molar-refractivity contribution is 0.615. The molecule has 0 bridgehead atoms. The minimum atomic E-state index is -0.373. The number of anilines is 1. The molecule has 106 valence electrons. The molecule has 0 spiro atoms. The second-order valence-electron chi connectivity index (χ2n) is 4.75. The summed E-state index contributed by atoms with van der Waals surface area (Å²) in [6, 6.07) is 11.3. The molecule has 0 aliphatic heterocycles. The van der Waals surface area contributed by atoms with Crippen molar-refractivity contribution in [1.82, 2.24) is 9.55 Å². The molecule has 5 heteroatoms. The molecule has 5 nitrogen and oxygen atoms in total. The normalized spacial score (nSPS) is 12.1. The lowest BCUT2D eigenvalue weighted by Gasteiger charge is -2.15. The van der Waals surface area contributed by atoms with Gasteiger partial charge in [-0.15, -0.1) is 0 Å². The second kappa shape index (κ2) is 6.23. The van der Waals surface area contributed by atoms with Crippen LogP contribution in [0.25, 0.3) is 0 Å². The number of hydrogen-bond donors (Lipinski definition) is 2. The van der Waals surface area contributed by atoms with Gasteiger partial charge in [0.2, 0.25) is 0 Å². The van der Waals surface area contributed by atoms with Crippen LogP contribution in [0.2, 0.25) is 0 Å². The molecule has 1 atom stereocenters. The standard InChI is InChI=1S/C15H19N3O2/c1-3-9-18-14(19)10-13(17-15(18)20)16-11(2)12-7-5-4-6-8-12/h4-8,10-11,16H,3,9H2,1-2H3,(H,17,20). The van der Waals surface area contributed by atoms with Gasteiger partial charge < -0.3 is 5.32 Å². The predicted molar refractivity (Wildman–Crippen MR) is 80.1 cm³/mol. The molecule has 0 saturated carbocycles. The summed E-state index contributed by atoms with van der Waals surface area (Å²) in [7, 11) is 0. The Hall–Kier alpha value is -2.30. The van der Waals surface area contributed by atoms with Gasteiger partial charge in [-0.3, -0.25) is 14.3 Å². The molecular formula is C15H19N3O2.